The zero-order chi connectivity index (χ0) is 11.2. The number of benzene rings is 1. The Morgan fingerprint density at radius 2 is 1.87 bits per heavy atom. The van der Waals surface area contributed by atoms with Gasteiger partial charge in [-0.25, -0.2) is 0 Å². The molecule has 0 N–H and O–H groups in total. The van der Waals surface area contributed by atoms with Crippen LogP contribution < -0.4 is 0 Å². The van der Waals surface area contributed by atoms with Crippen molar-refractivity contribution in [3.05, 3.63) is 34.4 Å². The van der Waals surface area contributed by atoms with Gasteiger partial charge in [-0.05, 0) is 53.4 Å². The highest BCUT2D eigenvalue weighted by Gasteiger charge is 2.31. The standard InChI is InChI=1S/C15H22/c1-10(2)13-8-11(3)14-12(9-13)6-7-15(14,4)5/h8-10H,6-7H2,1-5H3. The van der Waals surface area contributed by atoms with Crippen molar-refractivity contribution in [2.75, 3.05) is 0 Å². The van der Waals surface area contributed by atoms with Crippen molar-refractivity contribution in [3.8, 4) is 0 Å². The molecule has 0 heteroatoms. The molecule has 1 aliphatic carbocycles. The molecular formula is C15H22. The third-order valence-corrected chi connectivity index (χ3v) is 3.80. The lowest BCUT2D eigenvalue weighted by molar-refractivity contribution is 0.520. The molecule has 82 valence electrons. The molecule has 1 aromatic carbocycles. The average Bonchev–Trinajstić information content (AvgIpc) is 2.42. The van der Waals surface area contributed by atoms with Crippen LogP contribution in [0.4, 0.5) is 0 Å². The second-order valence-electron chi connectivity index (χ2n) is 5.91. The van der Waals surface area contributed by atoms with Crippen LogP contribution in [0.25, 0.3) is 0 Å². The van der Waals surface area contributed by atoms with Crippen LogP contribution in [-0.4, -0.2) is 0 Å². The third kappa shape index (κ3) is 1.71. The van der Waals surface area contributed by atoms with Gasteiger partial charge in [0, 0.05) is 0 Å². The van der Waals surface area contributed by atoms with E-state index in [1.807, 2.05) is 0 Å². The fourth-order valence-corrected chi connectivity index (χ4v) is 2.96. The Hall–Kier alpha value is -0.780. The highest BCUT2D eigenvalue weighted by atomic mass is 14.4. The quantitative estimate of drug-likeness (QED) is 0.635. The van der Waals surface area contributed by atoms with Crippen molar-refractivity contribution >= 4 is 0 Å². The summed E-state index contributed by atoms with van der Waals surface area (Å²) in [5.74, 6) is 0.651. The SMILES string of the molecule is Cc1cc(C(C)C)cc2c1C(C)(C)CC2. The van der Waals surface area contributed by atoms with E-state index in [1.165, 1.54) is 24.0 Å². The van der Waals surface area contributed by atoms with Crippen molar-refractivity contribution in [2.24, 2.45) is 0 Å². The minimum atomic E-state index is 0.398. The van der Waals surface area contributed by atoms with Gasteiger partial charge in [-0.2, -0.15) is 0 Å². The molecule has 1 aliphatic rings. The maximum absolute atomic E-state index is 2.43. The minimum absolute atomic E-state index is 0.398. The summed E-state index contributed by atoms with van der Waals surface area (Å²) in [6.07, 6.45) is 2.58. The van der Waals surface area contributed by atoms with Crippen molar-refractivity contribution in [1.29, 1.82) is 0 Å². The zero-order valence-corrected chi connectivity index (χ0v) is 10.6. The van der Waals surface area contributed by atoms with E-state index in [-0.39, 0.29) is 0 Å². The first kappa shape index (κ1) is 10.7. The molecule has 0 nitrogen and oxygen atoms in total. The Morgan fingerprint density at radius 1 is 1.20 bits per heavy atom. The van der Waals surface area contributed by atoms with Crippen LogP contribution in [0.3, 0.4) is 0 Å². The molecule has 0 unspecified atom stereocenters. The van der Waals surface area contributed by atoms with E-state index in [9.17, 15) is 0 Å². The van der Waals surface area contributed by atoms with E-state index in [0.717, 1.165) is 0 Å². The van der Waals surface area contributed by atoms with Crippen LogP contribution in [0.1, 0.15) is 62.3 Å². The molecule has 0 saturated heterocycles. The summed E-state index contributed by atoms with van der Waals surface area (Å²) in [6, 6.07) is 4.82. The Kier molecular flexibility index (Phi) is 2.41. The molecule has 2 rings (SSSR count). The van der Waals surface area contributed by atoms with E-state index >= 15 is 0 Å². The number of fused-ring (bicyclic) bond motifs is 1. The normalized spacial score (nSPS) is 18.3. The lowest BCUT2D eigenvalue weighted by atomic mass is 9.82. The maximum Gasteiger partial charge on any atom is -0.00950 e. The molecule has 0 atom stereocenters. The highest BCUT2D eigenvalue weighted by molar-refractivity contribution is 5.47. The maximum atomic E-state index is 2.43. The van der Waals surface area contributed by atoms with Gasteiger partial charge in [0.1, 0.15) is 0 Å². The van der Waals surface area contributed by atoms with Crippen molar-refractivity contribution < 1.29 is 0 Å². The topological polar surface area (TPSA) is 0 Å². The fourth-order valence-electron chi connectivity index (χ4n) is 2.96. The number of rotatable bonds is 1. The summed E-state index contributed by atoms with van der Waals surface area (Å²) in [6.45, 7) is 11.6. The van der Waals surface area contributed by atoms with Crippen LogP contribution in [0.5, 0.6) is 0 Å². The van der Waals surface area contributed by atoms with Gasteiger partial charge in [-0.15, -0.1) is 0 Å². The first-order valence-electron chi connectivity index (χ1n) is 6.06. The lowest BCUT2D eigenvalue weighted by Gasteiger charge is -2.22. The van der Waals surface area contributed by atoms with E-state index < -0.39 is 0 Å². The van der Waals surface area contributed by atoms with Gasteiger partial charge in [-0.3, -0.25) is 0 Å². The molecule has 0 fully saturated rings. The smallest absolute Gasteiger partial charge is 0.00950 e. The monoisotopic (exact) mass is 202 g/mol. The van der Waals surface area contributed by atoms with Crippen LogP contribution in [0, 0.1) is 6.92 Å². The molecule has 0 heterocycles. The van der Waals surface area contributed by atoms with Gasteiger partial charge >= 0.3 is 0 Å². The Labute approximate surface area is 93.7 Å². The summed E-state index contributed by atoms with van der Waals surface area (Å²) in [7, 11) is 0. The van der Waals surface area contributed by atoms with Gasteiger partial charge < -0.3 is 0 Å². The number of hydrogen-bond donors (Lipinski definition) is 0. The molecule has 0 amide bonds. The summed E-state index contributed by atoms with van der Waals surface area (Å²) >= 11 is 0. The third-order valence-electron chi connectivity index (χ3n) is 3.80. The largest absolute Gasteiger partial charge is 0.0587 e. The van der Waals surface area contributed by atoms with Crippen LogP contribution in [0.15, 0.2) is 12.1 Å². The van der Waals surface area contributed by atoms with Gasteiger partial charge in [0.2, 0.25) is 0 Å². The first-order chi connectivity index (χ1) is 6.92. The predicted molar refractivity (Wildman–Crippen MR) is 66.6 cm³/mol. The van der Waals surface area contributed by atoms with Gasteiger partial charge in [0.25, 0.3) is 0 Å². The van der Waals surface area contributed by atoms with Gasteiger partial charge in [0.15, 0.2) is 0 Å². The Balaban J connectivity index is 2.57. The van der Waals surface area contributed by atoms with Crippen LogP contribution in [-0.2, 0) is 11.8 Å². The predicted octanol–water partition coefficient (Wildman–Crippen LogP) is 4.34. The highest BCUT2D eigenvalue weighted by Crippen LogP contribution is 2.41. The van der Waals surface area contributed by atoms with Gasteiger partial charge in [0.05, 0.1) is 0 Å². The molecule has 0 bridgehead atoms. The summed E-state index contributed by atoms with van der Waals surface area (Å²) in [5, 5.41) is 0. The van der Waals surface area contributed by atoms with Gasteiger partial charge in [-0.1, -0.05) is 39.8 Å². The van der Waals surface area contributed by atoms with Crippen LogP contribution in [0.2, 0.25) is 0 Å². The molecule has 0 aromatic heterocycles. The second-order valence-corrected chi connectivity index (χ2v) is 5.91. The van der Waals surface area contributed by atoms with Crippen LogP contribution >= 0.6 is 0 Å². The fraction of sp³-hybridized carbons (Fsp3) is 0.600. The van der Waals surface area contributed by atoms with Crippen molar-refractivity contribution in [2.45, 2.75) is 58.8 Å². The molecule has 0 radical (unpaired) electrons. The summed E-state index contributed by atoms with van der Waals surface area (Å²) in [5.41, 5.74) is 6.62. The zero-order valence-electron chi connectivity index (χ0n) is 10.6. The van der Waals surface area contributed by atoms with E-state index in [1.54, 1.807) is 11.1 Å². The van der Waals surface area contributed by atoms with Crippen molar-refractivity contribution in [3.63, 3.8) is 0 Å². The number of aryl methyl sites for hydroxylation is 2. The lowest BCUT2D eigenvalue weighted by Crippen LogP contribution is -2.13. The van der Waals surface area contributed by atoms with Crippen molar-refractivity contribution in [1.82, 2.24) is 0 Å². The minimum Gasteiger partial charge on any atom is -0.0587 e. The van der Waals surface area contributed by atoms with E-state index in [2.05, 4.69) is 46.8 Å². The molecule has 15 heavy (non-hydrogen) atoms. The summed E-state index contributed by atoms with van der Waals surface area (Å²) in [4.78, 5) is 0. The second kappa shape index (κ2) is 3.37. The Morgan fingerprint density at radius 3 is 2.47 bits per heavy atom. The Bertz CT molecular complexity index is 383. The first-order valence-corrected chi connectivity index (χ1v) is 6.06. The molecule has 0 saturated carbocycles. The molecular weight excluding hydrogens is 180 g/mol. The molecule has 1 aromatic rings. The average molecular weight is 202 g/mol. The van der Waals surface area contributed by atoms with E-state index in [4.69, 9.17) is 0 Å². The number of hydrogen-bond acceptors (Lipinski definition) is 0. The van der Waals surface area contributed by atoms with E-state index in [0.29, 0.717) is 11.3 Å². The molecule has 0 spiro atoms. The molecule has 0 aliphatic heterocycles. The summed E-state index contributed by atoms with van der Waals surface area (Å²) < 4.78 is 0.